The van der Waals surface area contributed by atoms with Gasteiger partial charge >= 0.3 is 13.7 Å². The van der Waals surface area contributed by atoms with Gasteiger partial charge in [-0.25, -0.2) is 23.9 Å². The molecule has 6 atom stereocenters. The van der Waals surface area contributed by atoms with Crippen molar-refractivity contribution >= 4 is 30.7 Å². The number of aliphatic hydroxyl groups is 1. The summed E-state index contributed by atoms with van der Waals surface area (Å²) in [6, 6.07) is 7.12. The third kappa shape index (κ3) is 6.73. The SMILES string of the molecule is CCN(C)c1nc(C)nc2c1ncn2[C@@H]1O[C@H](COP(=O)(N[C@@H](C)C(=O)OC(C)C)Oc2ccccc2)[C@@H](O)[C@@]1(C)F. The predicted molar refractivity (Wildman–Crippen MR) is 153 cm³/mol. The summed E-state index contributed by atoms with van der Waals surface area (Å²) in [5.41, 5.74) is -1.54. The van der Waals surface area contributed by atoms with E-state index in [9.17, 15) is 14.5 Å². The Morgan fingerprint density at radius 1 is 1.29 bits per heavy atom. The van der Waals surface area contributed by atoms with Gasteiger partial charge in [0.15, 0.2) is 28.9 Å². The molecule has 0 radical (unpaired) electrons. The number of aryl methyl sites for hydroxylation is 1. The van der Waals surface area contributed by atoms with Gasteiger partial charge in [0.2, 0.25) is 0 Å². The van der Waals surface area contributed by atoms with Gasteiger partial charge in [0.1, 0.15) is 29.8 Å². The van der Waals surface area contributed by atoms with Gasteiger partial charge in [-0.15, -0.1) is 0 Å². The number of aliphatic hydroxyl groups excluding tert-OH is 1. The molecule has 2 N–H and O–H groups in total. The van der Waals surface area contributed by atoms with Crippen LogP contribution in [0.15, 0.2) is 36.7 Å². The fourth-order valence-corrected chi connectivity index (χ4v) is 5.95. The highest BCUT2D eigenvalue weighted by molar-refractivity contribution is 7.52. The summed E-state index contributed by atoms with van der Waals surface area (Å²) in [6.45, 7) is 9.81. The van der Waals surface area contributed by atoms with Crippen LogP contribution in [-0.2, 0) is 23.4 Å². The summed E-state index contributed by atoms with van der Waals surface area (Å²) in [5, 5.41) is 13.5. The first-order valence-electron chi connectivity index (χ1n) is 13.7. The van der Waals surface area contributed by atoms with Crippen molar-refractivity contribution in [3.05, 3.63) is 42.5 Å². The van der Waals surface area contributed by atoms with Crippen molar-refractivity contribution in [2.75, 3.05) is 25.1 Å². The number of carbonyl (C=O) groups excluding carboxylic acids is 1. The Morgan fingerprint density at radius 2 is 1.98 bits per heavy atom. The number of hydrogen-bond donors (Lipinski definition) is 2. The minimum Gasteiger partial charge on any atom is -0.462 e. The maximum absolute atomic E-state index is 16.1. The minimum absolute atomic E-state index is 0.201. The Bertz CT molecular complexity index is 1440. The maximum Gasteiger partial charge on any atom is 0.459 e. The molecule has 1 aliphatic heterocycles. The molecule has 3 aromatic rings. The number of nitrogens with one attached hydrogen (secondary N) is 1. The molecular formula is C27H38FN6O7P. The van der Waals surface area contributed by atoms with Crippen molar-refractivity contribution in [1.29, 1.82) is 0 Å². The second-order valence-corrected chi connectivity index (χ2v) is 12.3. The lowest BCUT2D eigenvalue weighted by atomic mass is 9.98. The van der Waals surface area contributed by atoms with E-state index in [0.29, 0.717) is 29.4 Å². The zero-order chi connectivity index (χ0) is 30.8. The van der Waals surface area contributed by atoms with E-state index in [4.69, 9.17) is 18.5 Å². The number of fused-ring (bicyclic) bond motifs is 1. The number of carbonyl (C=O) groups is 1. The molecule has 1 fully saturated rings. The summed E-state index contributed by atoms with van der Waals surface area (Å²) in [6.07, 6.45) is -3.31. The maximum atomic E-state index is 16.1. The lowest BCUT2D eigenvalue weighted by Crippen LogP contribution is -2.41. The molecule has 0 amide bonds. The molecule has 0 spiro atoms. The van der Waals surface area contributed by atoms with E-state index < -0.39 is 56.6 Å². The van der Waals surface area contributed by atoms with Gasteiger partial charge in [-0.2, -0.15) is 5.09 Å². The number of para-hydroxylation sites is 1. The monoisotopic (exact) mass is 608 g/mol. The lowest BCUT2D eigenvalue weighted by Gasteiger charge is -2.25. The van der Waals surface area contributed by atoms with Gasteiger partial charge in [-0.3, -0.25) is 13.9 Å². The average Bonchev–Trinajstić information content (AvgIpc) is 3.44. The second kappa shape index (κ2) is 12.6. The smallest absolute Gasteiger partial charge is 0.459 e. The molecule has 1 unspecified atom stereocenters. The quantitative estimate of drug-likeness (QED) is 0.228. The van der Waals surface area contributed by atoms with Crippen LogP contribution in [0.1, 0.15) is 46.7 Å². The van der Waals surface area contributed by atoms with Gasteiger partial charge in [0, 0.05) is 13.6 Å². The molecule has 4 rings (SSSR count). The van der Waals surface area contributed by atoms with Crippen molar-refractivity contribution in [3.63, 3.8) is 0 Å². The number of ether oxygens (including phenoxy) is 2. The Kier molecular flexibility index (Phi) is 9.53. The molecule has 1 aliphatic rings. The van der Waals surface area contributed by atoms with Gasteiger partial charge in [-0.1, -0.05) is 18.2 Å². The number of rotatable bonds is 12. The molecule has 230 valence electrons. The van der Waals surface area contributed by atoms with Crippen LogP contribution in [0.4, 0.5) is 10.2 Å². The van der Waals surface area contributed by atoms with Crippen molar-refractivity contribution < 1.29 is 37.4 Å². The lowest BCUT2D eigenvalue weighted by molar-refractivity contribution is -0.149. The molecule has 13 nitrogen and oxygen atoms in total. The molecule has 0 bridgehead atoms. The fraction of sp³-hybridized carbons (Fsp3) is 0.556. The summed E-state index contributed by atoms with van der Waals surface area (Å²) in [5.74, 6) is 0.560. The molecule has 15 heteroatoms. The molecule has 42 heavy (non-hydrogen) atoms. The van der Waals surface area contributed by atoms with E-state index in [-0.39, 0.29) is 5.75 Å². The van der Waals surface area contributed by atoms with Crippen LogP contribution in [0.25, 0.3) is 11.2 Å². The third-order valence-electron chi connectivity index (χ3n) is 6.76. The Hall–Kier alpha value is -3.16. The first kappa shape index (κ1) is 31.8. The molecule has 0 aliphatic carbocycles. The van der Waals surface area contributed by atoms with Crippen LogP contribution in [0.5, 0.6) is 5.75 Å². The summed E-state index contributed by atoms with van der Waals surface area (Å²) in [7, 11) is -2.41. The van der Waals surface area contributed by atoms with Crippen molar-refractivity contribution in [2.24, 2.45) is 0 Å². The van der Waals surface area contributed by atoms with Crippen LogP contribution in [0.2, 0.25) is 0 Å². The number of halogens is 1. The number of alkyl halides is 1. The number of imidazole rings is 1. The van der Waals surface area contributed by atoms with Crippen LogP contribution >= 0.6 is 7.75 Å². The van der Waals surface area contributed by atoms with Crippen LogP contribution in [0, 0.1) is 6.92 Å². The number of anilines is 1. The molecule has 1 saturated heterocycles. The number of hydrogen-bond acceptors (Lipinski definition) is 11. The minimum atomic E-state index is -4.27. The topological polar surface area (TPSA) is 150 Å². The zero-order valence-corrected chi connectivity index (χ0v) is 25.6. The molecular weight excluding hydrogens is 570 g/mol. The van der Waals surface area contributed by atoms with Crippen molar-refractivity contribution in [1.82, 2.24) is 24.6 Å². The number of aromatic nitrogens is 4. The highest BCUT2D eigenvalue weighted by Crippen LogP contribution is 2.48. The summed E-state index contributed by atoms with van der Waals surface area (Å²) < 4.78 is 53.8. The normalized spacial score (nSPS) is 24.5. The Labute approximate surface area is 243 Å². The highest BCUT2D eigenvalue weighted by Gasteiger charge is 2.56. The Morgan fingerprint density at radius 3 is 2.62 bits per heavy atom. The third-order valence-corrected chi connectivity index (χ3v) is 8.40. The molecule has 1 aromatic carbocycles. The summed E-state index contributed by atoms with van der Waals surface area (Å²) in [4.78, 5) is 27.6. The number of nitrogens with zero attached hydrogens (tertiary/aromatic N) is 5. The van der Waals surface area contributed by atoms with E-state index in [0.717, 1.165) is 0 Å². The first-order chi connectivity index (χ1) is 19.8. The van der Waals surface area contributed by atoms with E-state index in [1.165, 1.54) is 24.7 Å². The van der Waals surface area contributed by atoms with Crippen LogP contribution in [0.3, 0.4) is 0 Å². The van der Waals surface area contributed by atoms with Gasteiger partial charge in [0.05, 0.1) is 19.0 Å². The fourth-order valence-electron chi connectivity index (χ4n) is 4.45. The highest BCUT2D eigenvalue weighted by atomic mass is 31.2. The summed E-state index contributed by atoms with van der Waals surface area (Å²) >= 11 is 0. The Balaban J connectivity index is 1.58. The van der Waals surface area contributed by atoms with Crippen molar-refractivity contribution in [3.8, 4) is 5.75 Å². The van der Waals surface area contributed by atoms with Gasteiger partial charge < -0.3 is 24.0 Å². The zero-order valence-electron chi connectivity index (χ0n) is 24.7. The molecule has 2 aromatic heterocycles. The molecule has 3 heterocycles. The predicted octanol–water partition coefficient (Wildman–Crippen LogP) is 3.71. The van der Waals surface area contributed by atoms with Crippen molar-refractivity contribution in [2.45, 2.75) is 77.8 Å². The molecule has 0 saturated carbocycles. The van der Waals surface area contributed by atoms with Gasteiger partial charge in [-0.05, 0) is 53.7 Å². The van der Waals surface area contributed by atoms with Crippen LogP contribution < -0.4 is 14.5 Å². The first-order valence-corrected chi connectivity index (χ1v) is 15.2. The standard InChI is InChI=1S/C27H38FN6O7P/c1-8-33(7)23-21-24(31-18(5)30-23)34(15-29-21)26-27(6,28)22(35)20(40-26)14-38-42(37,41-19-12-10-9-11-13-19)32-17(4)25(36)39-16(2)3/h9-13,15-17,20,22,26,35H,8,14H2,1-7H3,(H,32,37)/t17-,20+,22+,26+,27+,42?/m0/s1. The number of benzene rings is 1. The van der Waals surface area contributed by atoms with Gasteiger partial charge in [0.25, 0.3) is 0 Å². The average molecular weight is 609 g/mol. The van der Waals surface area contributed by atoms with E-state index >= 15 is 4.39 Å². The number of esters is 1. The van der Waals surface area contributed by atoms with E-state index in [2.05, 4.69) is 20.0 Å². The van der Waals surface area contributed by atoms with Crippen LogP contribution in [-0.4, -0.2) is 80.8 Å². The second-order valence-electron chi connectivity index (χ2n) is 10.6. The van der Waals surface area contributed by atoms with E-state index in [1.54, 1.807) is 51.1 Å². The van der Waals surface area contributed by atoms with E-state index in [1.807, 2.05) is 18.9 Å². The largest absolute Gasteiger partial charge is 0.462 e.